The number of aromatic nitrogens is 3. The summed E-state index contributed by atoms with van der Waals surface area (Å²) in [6.07, 6.45) is -2.80. The molecule has 1 amide bonds. The Morgan fingerprint density at radius 1 is 1.17 bits per heavy atom. The maximum absolute atomic E-state index is 12.6. The van der Waals surface area contributed by atoms with Gasteiger partial charge in [0.25, 0.3) is 5.91 Å². The molecule has 2 heterocycles. The Morgan fingerprint density at radius 2 is 1.86 bits per heavy atom. The third-order valence-corrected chi connectivity index (χ3v) is 4.21. The lowest BCUT2D eigenvalue weighted by atomic mass is 10.2. The fourth-order valence-electron chi connectivity index (χ4n) is 2.86. The molecule has 1 fully saturated rings. The van der Waals surface area contributed by atoms with Gasteiger partial charge in [0, 0.05) is 27.2 Å². The van der Waals surface area contributed by atoms with Gasteiger partial charge in [-0.05, 0) is 25.0 Å². The van der Waals surface area contributed by atoms with Crippen molar-refractivity contribution >= 4 is 17.8 Å². The van der Waals surface area contributed by atoms with Gasteiger partial charge >= 0.3 is 6.36 Å². The van der Waals surface area contributed by atoms with Crippen LogP contribution in [-0.2, 0) is 6.54 Å². The molecule has 0 unspecified atom stereocenters. The minimum absolute atomic E-state index is 0.0661. The van der Waals surface area contributed by atoms with Crippen molar-refractivity contribution in [1.82, 2.24) is 20.3 Å². The van der Waals surface area contributed by atoms with Gasteiger partial charge in [-0.25, -0.2) is 0 Å². The first-order valence-corrected chi connectivity index (χ1v) is 9.03. The minimum atomic E-state index is -4.89. The van der Waals surface area contributed by atoms with E-state index in [1.54, 1.807) is 19.0 Å². The normalized spacial score (nSPS) is 14.0. The molecule has 0 aliphatic carbocycles. The molecule has 1 aliphatic rings. The van der Waals surface area contributed by atoms with Gasteiger partial charge in [-0.1, -0.05) is 12.1 Å². The summed E-state index contributed by atoms with van der Waals surface area (Å²) < 4.78 is 41.6. The van der Waals surface area contributed by atoms with Crippen molar-refractivity contribution in [2.45, 2.75) is 25.7 Å². The first-order valence-electron chi connectivity index (χ1n) is 9.03. The molecule has 11 heteroatoms. The topological polar surface area (TPSA) is 83.5 Å². The number of benzene rings is 1. The molecule has 29 heavy (non-hydrogen) atoms. The maximum Gasteiger partial charge on any atom is 0.573 e. The summed E-state index contributed by atoms with van der Waals surface area (Å²) >= 11 is 0. The van der Waals surface area contributed by atoms with Crippen LogP contribution in [0.15, 0.2) is 24.3 Å². The molecule has 1 N–H and O–H groups in total. The van der Waals surface area contributed by atoms with Crippen LogP contribution in [0.5, 0.6) is 5.75 Å². The second-order valence-electron chi connectivity index (χ2n) is 6.67. The van der Waals surface area contributed by atoms with E-state index >= 15 is 0 Å². The summed E-state index contributed by atoms with van der Waals surface area (Å²) in [7, 11) is 3.58. The fourth-order valence-corrected chi connectivity index (χ4v) is 2.86. The third kappa shape index (κ3) is 5.46. The number of hydrogen-bond acceptors (Lipinski definition) is 7. The lowest BCUT2D eigenvalue weighted by molar-refractivity contribution is -0.274. The van der Waals surface area contributed by atoms with Crippen molar-refractivity contribution in [2.75, 3.05) is 37.0 Å². The number of hydrogen-bond donors (Lipinski definition) is 1. The monoisotopic (exact) mass is 410 g/mol. The van der Waals surface area contributed by atoms with Gasteiger partial charge < -0.3 is 19.9 Å². The predicted molar refractivity (Wildman–Crippen MR) is 99.9 cm³/mol. The van der Waals surface area contributed by atoms with Crippen LogP contribution in [0.4, 0.5) is 25.1 Å². The highest BCUT2D eigenvalue weighted by molar-refractivity contribution is 5.96. The number of alkyl halides is 3. The Bertz CT molecular complexity index is 869. The second-order valence-corrected chi connectivity index (χ2v) is 6.67. The molecule has 0 saturated carbocycles. The zero-order valence-corrected chi connectivity index (χ0v) is 16.0. The number of ether oxygens (including phenoxy) is 1. The van der Waals surface area contributed by atoms with Crippen LogP contribution in [-0.4, -0.2) is 54.4 Å². The summed E-state index contributed by atoms with van der Waals surface area (Å²) in [5.74, 6) is -0.0225. The van der Waals surface area contributed by atoms with E-state index in [9.17, 15) is 18.0 Å². The van der Waals surface area contributed by atoms with Gasteiger partial charge in [0.15, 0.2) is 5.82 Å². The summed E-state index contributed by atoms with van der Waals surface area (Å²) in [5, 5.41) is 2.55. The molecule has 0 radical (unpaired) electrons. The molecule has 1 aromatic carbocycles. The van der Waals surface area contributed by atoms with E-state index in [4.69, 9.17) is 0 Å². The number of nitrogens with one attached hydrogen (secondary N) is 1. The van der Waals surface area contributed by atoms with Crippen molar-refractivity contribution < 1.29 is 22.7 Å². The quantitative estimate of drug-likeness (QED) is 0.783. The molecule has 0 bridgehead atoms. The molecule has 1 saturated heterocycles. The van der Waals surface area contributed by atoms with Gasteiger partial charge in [0.05, 0.1) is 12.1 Å². The van der Waals surface area contributed by atoms with Crippen molar-refractivity contribution in [3.05, 3.63) is 35.7 Å². The van der Waals surface area contributed by atoms with E-state index in [-0.39, 0.29) is 12.1 Å². The Labute approximate surface area is 165 Å². The number of carbonyl (C=O) groups excluding carboxylic acids is 1. The lowest BCUT2D eigenvalue weighted by Crippen LogP contribution is -2.28. The summed E-state index contributed by atoms with van der Waals surface area (Å²) in [5.41, 5.74) is -0.230. The SMILES string of the molecule is CN(C)c1nc(CNC(=O)c2ccccc2OC(F)(F)F)nc(N2CCCC2)n1. The van der Waals surface area contributed by atoms with Crippen LogP contribution in [0.25, 0.3) is 0 Å². The minimum Gasteiger partial charge on any atom is -0.405 e. The standard InChI is InChI=1S/C18H21F3N6O2/c1-26(2)16-23-14(24-17(25-16)27-9-5-6-10-27)11-22-15(28)12-7-3-4-8-13(12)29-18(19,20)21/h3-4,7-8H,5-6,9-11H2,1-2H3,(H,22,28). The number of rotatable bonds is 6. The highest BCUT2D eigenvalue weighted by atomic mass is 19.4. The number of carbonyl (C=O) groups is 1. The summed E-state index contributed by atoms with van der Waals surface area (Å²) in [4.78, 5) is 29.3. The molecule has 8 nitrogen and oxygen atoms in total. The summed E-state index contributed by atoms with van der Waals surface area (Å²) in [6, 6.07) is 5.15. The number of anilines is 2. The Hall–Kier alpha value is -3.11. The van der Waals surface area contributed by atoms with E-state index in [2.05, 4.69) is 25.0 Å². The van der Waals surface area contributed by atoms with E-state index in [0.717, 1.165) is 32.0 Å². The molecule has 0 spiro atoms. The molecule has 3 rings (SSSR count). The lowest BCUT2D eigenvalue weighted by Gasteiger charge is -2.19. The van der Waals surface area contributed by atoms with E-state index in [1.165, 1.54) is 18.2 Å². The van der Waals surface area contributed by atoms with Crippen molar-refractivity contribution in [1.29, 1.82) is 0 Å². The van der Waals surface area contributed by atoms with Crippen LogP contribution in [0, 0.1) is 0 Å². The number of nitrogens with zero attached hydrogens (tertiary/aromatic N) is 5. The molecular weight excluding hydrogens is 389 g/mol. The number of amides is 1. The first kappa shape index (κ1) is 20.6. The smallest absolute Gasteiger partial charge is 0.405 e. The predicted octanol–water partition coefficient (Wildman–Crippen LogP) is 2.37. The van der Waals surface area contributed by atoms with E-state index < -0.39 is 18.0 Å². The fraction of sp³-hybridized carbons (Fsp3) is 0.444. The van der Waals surface area contributed by atoms with Gasteiger partial charge in [-0.15, -0.1) is 13.2 Å². The zero-order chi connectivity index (χ0) is 21.0. The molecular formula is C18H21F3N6O2. The zero-order valence-electron chi connectivity index (χ0n) is 16.0. The highest BCUT2D eigenvalue weighted by Crippen LogP contribution is 2.26. The van der Waals surface area contributed by atoms with Crippen molar-refractivity contribution in [3.8, 4) is 5.75 Å². The average Bonchev–Trinajstić information content (AvgIpc) is 3.20. The van der Waals surface area contributed by atoms with E-state index in [1.807, 2.05) is 4.90 Å². The number of para-hydroxylation sites is 1. The van der Waals surface area contributed by atoms with Crippen LogP contribution in [0.2, 0.25) is 0 Å². The molecule has 156 valence electrons. The van der Waals surface area contributed by atoms with Gasteiger partial charge in [-0.2, -0.15) is 15.0 Å². The molecule has 1 aromatic heterocycles. The molecule has 0 atom stereocenters. The van der Waals surface area contributed by atoms with Gasteiger partial charge in [-0.3, -0.25) is 4.79 Å². The van der Waals surface area contributed by atoms with Crippen LogP contribution in [0.1, 0.15) is 29.0 Å². The third-order valence-electron chi connectivity index (χ3n) is 4.21. The molecule has 2 aromatic rings. The largest absolute Gasteiger partial charge is 0.573 e. The van der Waals surface area contributed by atoms with Crippen LogP contribution in [0.3, 0.4) is 0 Å². The van der Waals surface area contributed by atoms with Crippen LogP contribution < -0.4 is 19.9 Å². The van der Waals surface area contributed by atoms with Crippen LogP contribution >= 0.6 is 0 Å². The second kappa shape index (κ2) is 8.50. The first-order chi connectivity index (χ1) is 13.7. The average molecular weight is 410 g/mol. The number of halogens is 3. The Kier molecular flexibility index (Phi) is 6.04. The van der Waals surface area contributed by atoms with Gasteiger partial charge in [0.2, 0.25) is 11.9 Å². The maximum atomic E-state index is 12.6. The highest BCUT2D eigenvalue weighted by Gasteiger charge is 2.32. The van der Waals surface area contributed by atoms with E-state index in [0.29, 0.717) is 17.7 Å². The van der Waals surface area contributed by atoms with Gasteiger partial charge in [0.1, 0.15) is 5.75 Å². The summed E-state index contributed by atoms with van der Waals surface area (Å²) in [6.45, 7) is 1.61. The Balaban J connectivity index is 1.76. The van der Waals surface area contributed by atoms with Crippen molar-refractivity contribution in [2.24, 2.45) is 0 Å². The van der Waals surface area contributed by atoms with Crippen molar-refractivity contribution in [3.63, 3.8) is 0 Å². The Morgan fingerprint density at radius 3 is 2.52 bits per heavy atom. The molecule has 1 aliphatic heterocycles.